The predicted molar refractivity (Wildman–Crippen MR) is 502 cm³/mol. The molecule has 6 heterocycles. The zero-order valence-electron chi connectivity index (χ0n) is 65.3. The van der Waals surface area contributed by atoms with Gasteiger partial charge in [0.25, 0.3) is 0 Å². The van der Waals surface area contributed by atoms with E-state index in [0.717, 1.165) is 95.4 Å². The van der Waals surface area contributed by atoms with Crippen molar-refractivity contribution < 1.29 is 0 Å². The summed E-state index contributed by atoms with van der Waals surface area (Å²) in [6, 6.07) is 159. The van der Waals surface area contributed by atoms with Crippen LogP contribution in [0.5, 0.6) is 0 Å². The largest absolute Gasteiger partial charge is 0.309 e. The molecule has 560 valence electrons. The highest BCUT2D eigenvalue weighted by molar-refractivity contribution is 6.30. The molecular formula is C113H73N7. The van der Waals surface area contributed by atoms with Gasteiger partial charge >= 0.3 is 0 Å². The van der Waals surface area contributed by atoms with Crippen molar-refractivity contribution in [2.24, 2.45) is 0 Å². The summed E-state index contributed by atoms with van der Waals surface area (Å²) in [7, 11) is 0. The van der Waals surface area contributed by atoms with E-state index in [0.29, 0.717) is 5.82 Å². The second-order valence-corrected chi connectivity index (χ2v) is 30.9. The maximum absolute atomic E-state index is 5.27. The number of rotatable bonds is 12. The van der Waals surface area contributed by atoms with Crippen molar-refractivity contribution in [2.45, 2.75) is 0 Å². The molecule has 0 spiro atoms. The Morgan fingerprint density at radius 1 is 0.158 bits per heavy atom. The lowest BCUT2D eigenvalue weighted by molar-refractivity contribution is 1.16. The van der Waals surface area contributed by atoms with Crippen LogP contribution in [0.3, 0.4) is 0 Å². The average molecular weight is 1530 g/mol. The van der Waals surface area contributed by atoms with E-state index in [9.17, 15) is 0 Å². The topological polar surface area (TPSA) is 58.4 Å². The first-order chi connectivity index (χ1) is 59.5. The third-order valence-electron chi connectivity index (χ3n) is 24.0. The second-order valence-electron chi connectivity index (χ2n) is 30.9. The van der Waals surface area contributed by atoms with Gasteiger partial charge in [-0.25, -0.2) is 15.0 Å². The van der Waals surface area contributed by atoms with E-state index in [1.54, 1.807) is 0 Å². The van der Waals surface area contributed by atoms with Gasteiger partial charge in [-0.1, -0.05) is 315 Å². The molecule has 0 amide bonds. The minimum absolute atomic E-state index is 0.686. The van der Waals surface area contributed by atoms with Crippen molar-refractivity contribution >= 4 is 109 Å². The maximum Gasteiger partial charge on any atom is 0.160 e. The molecule has 0 atom stereocenters. The number of hydrogen-bond acceptors (Lipinski definition) is 3. The summed E-state index contributed by atoms with van der Waals surface area (Å²) in [6.45, 7) is 0. The molecule has 0 N–H and O–H groups in total. The van der Waals surface area contributed by atoms with Crippen molar-refractivity contribution in [1.82, 2.24) is 33.2 Å². The van der Waals surface area contributed by atoms with Crippen LogP contribution in [0.4, 0.5) is 0 Å². The molecule has 0 aliphatic rings. The summed E-state index contributed by atoms with van der Waals surface area (Å²) in [5.41, 5.74) is 29.9. The molecule has 18 aromatic carbocycles. The van der Waals surface area contributed by atoms with E-state index in [4.69, 9.17) is 15.0 Å². The molecule has 0 fully saturated rings. The first-order valence-electron chi connectivity index (χ1n) is 41.0. The fraction of sp³-hybridized carbons (Fsp3) is 0. The minimum atomic E-state index is 0.686. The third-order valence-corrected chi connectivity index (χ3v) is 24.0. The first-order valence-corrected chi connectivity index (χ1v) is 41.0. The molecule has 0 aliphatic carbocycles. The highest BCUT2D eigenvalue weighted by atomic mass is 15.0. The number of aromatic nitrogens is 7. The summed E-state index contributed by atoms with van der Waals surface area (Å²) in [4.78, 5) is 15.7. The van der Waals surface area contributed by atoms with Crippen molar-refractivity contribution in [3.63, 3.8) is 0 Å². The van der Waals surface area contributed by atoms with Gasteiger partial charge in [0.2, 0.25) is 0 Å². The number of para-hydroxylation sites is 4. The van der Waals surface area contributed by atoms with Crippen LogP contribution in [0, 0.1) is 0 Å². The standard InChI is InChI=1S/C57H37N3.C56H36N4/c1-3-15-38(16-4-1)42-21-13-22-43(35-42)44-36-49(40-18-5-2-6-19-40)58-50(37-44)41-29-31-45(32-30-41)59-52-26-11-9-24-47(52)56-54(59)33-34-55-57(56)48-25-10-12-27-53(48)60(55)51-28-14-20-39-17-7-8-23-46(39)51;1-3-16-38(17-4-1)44-21-9-10-22-45(44)49-36-48(39-18-5-2-6-19-39)57-56(58-49)40-28-30-42(31-29-40)59-50-25-13-11-23-46(50)54-52(59)33-34-53-55(54)47-24-12-14-26-51(47)60(53)43-32-27-37-15-7-8-20-41(37)35-43/h1-37H;1-36H. The van der Waals surface area contributed by atoms with E-state index >= 15 is 0 Å². The zero-order chi connectivity index (χ0) is 79.1. The van der Waals surface area contributed by atoms with Gasteiger partial charge in [-0.15, -0.1) is 0 Å². The molecule has 6 aromatic heterocycles. The number of fused-ring (bicyclic) bond motifs is 16. The van der Waals surface area contributed by atoms with Crippen LogP contribution in [-0.2, 0) is 0 Å². The molecule has 120 heavy (non-hydrogen) atoms. The van der Waals surface area contributed by atoms with Gasteiger partial charge in [-0.2, -0.15) is 0 Å². The summed E-state index contributed by atoms with van der Waals surface area (Å²) < 4.78 is 9.70. The van der Waals surface area contributed by atoms with Crippen molar-refractivity contribution in [3.05, 3.63) is 443 Å². The first kappa shape index (κ1) is 69.4. The highest BCUT2D eigenvalue weighted by Crippen LogP contribution is 2.47. The van der Waals surface area contributed by atoms with E-state index in [1.807, 2.05) is 6.07 Å². The van der Waals surface area contributed by atoms with Crippen LogP contribution in [0.25, 0.3) is 221 Å². The van der Waals surface area contributed by atoms with Crippen molar-refractivity contribution in [1.29, 1.82) is 0 Å². The van der Waals surface area contributed by atoms with Crippen LogP contribution < -0.4 is 0 Å². The number of pyridine rings is 1. The molecular weight excluding hydrogens is 1460 g/mol. The van der Waals surface area contributed by atoms with E-state index in [1.165, 1.54) is 120 Å². The fourth-order valence-electron chi connectivity index (χ4n) is 18.5. The quantitative estimate of drug-likeness (QED) is 0.122. The summed E-state index contributed by atoms with van der Waals surface area (Å²) >= 11 is 0. The van der Waals surface area contributed by atoms with Crippen molar-refractivity contribution in [2.75, 3.05) is 0 Å². The smallest absolute Gasteiger partial charge is 0.160 e. The highest BCUT2D eigenvalue weighted by Gasteiger charge is 2.25. The molecule has 0 saturated heterocycles. The summed E-state index contributed by atoms with van der Waals surface area (Å²) in [5.74, 6) is 0.686. The van der Waals surface area contributed by atoms with E-state index in [2.05, 4.69) is 455 Å². The lowest BCUT2D eigenvalue weighted by Gasteiger charge is -2.13. The third kappa shape index (κ3) is 11.9. The van der Waals surface area contributed by atoms with Gasteiger partial charge in [0.05, 0.1) is 72.6 Å². The molecule has 0 saturated carbocycles. The van der Waals surface area contributed by atoms with Gasteiger partial charge in [-0.3, -0.25) is 0 Å². The molecule has 24 aromatic rings. The molecule has 0 radical (unpaired) electrons. The SMILES string of the molecule is c1ccc(-c2cc(-c3ccccc3-c3ccccc3)nc(-c3ccc(-n4c5ccccc5c5c6c7ccccc7n(-c7ccc8ccccc8c7)c6ccc54)cc3)n2)cc1.c1ccc(-c2cccc(-c3cc(-c4ccccc4)nc(-c4ccc(-n5c6ccccc6c6c7c8ccccc8n(-c8cccc9ccccc89)c7ccc65)cc4)c3)c2)cc1. The lowest BCUT2D eigenvalue weighted by Crippen LogP contribution is -1.98. The number of hydrogen-bond donors (Lipinski definition) is 0. The molecule has 0 bridgehead atoms. The van der Waals surface area contributed by atoms with Crippen LogP contribution in [0.15, 0.2) is 443 Å². The second kappa shape index (κ2) is 29.0. The Hall–Kier alpha value is -16.1. The van der Waals surface area contributed by atoms with Gasteiger partial charge in [0, 0.05) is 93.4 Å². The Morgan fingerprint density at radius 3 is 1.06 bits per heavy atom. The Kier molecular flexibility index (Phi) is 16.8. The average Bonchev–Trinajstić information content (AvgIpc) is 1.55. The van der Waals surface area contributed by atoms with Crippen LogP contribution >= 0.6 is 0 Å². The Labute approximate surface area is 692 Å². The van der Waals surface area contributed by atoms with Gasteiger partial charge in [0.1, 0.15) is 0 Å². The molecule has 24 rings (SSSR count). The number of nitrogens with zero attached hydrogens (tertiary/aromatic N) is 7. The fourth-order valence-corrected chi connectivity index (χ4v) is 18.5. The Balaban J connectivity index is 0.000000140. The Bertz CT molecular complexity index is 8110. The number of benzene rings is 18. The van der Waals surface area contributed by atoms with Crippen molar-refractivity contribution in [3.8, 4) is 113 Å². The van der Waals surface area contributed by atoms with Gasteiger partial charge < -0.3 is 18.3 Å². The van der Waals surface area contributed by atoms with Crippen LogP contribution in [0.2, 0.25) is 0 Å². The summed E-state index contributed by atoms with van der Waals surface area (Å²) in [6.07, 6.45) is 0. The maximum atomic E-state index is 5.27. The lowest BCUT2D eigenvalue weighted by atomic mass is 9.96. The molecule has 7 nitrogen and oxygen atoms in total. The van der Waals surface area contributed by atoms with E-state index in [-0.39, 0.29) is 0 Å². The molecule has 0 unspecified atom stereocenters. The van der Waals surface area contributed by atoms with Crippen LogP contribution in [-0.4, -0.2) is 33.2 Å². The molecule has 0 aliphatic heterocycles. The summed E-state index contributed by atoms with van der Waals surface area (Å²) in [5, 5.41) is 14.9. The predicted octanol–water partition coefficient (Wildman–Crippen LogP) is 29.6. The normalized spacial score (nSPS) is 11.7. The van der Waals surface area contributed by atoms with Gasteiger partial charge in [0.15, 0.2) is 5.82 Å². The van der Waals surface area contributed by atoms with Gasteiger partial charge in [-0.05, 0) is 177 Å². The Morgan fingerprint density at radius 2 is 0.517 bits per heavy atom. The zero-order valence-corrected chi connectivity index (χ0v) is 65.3. The van der Waals surface area contributed by atoms with Crippen LogP contribution in [0.1, 0.15) is 0 Å². The van der Waals surface area contributed by atoms with E-state index < -0.39 is 0 Å². The minimum Gasteiger partial charge on any atom is -0.309 e. The monoisotopic (exact) mass is 1530 g/mol. The molecule has 7 heteroatoms.